The van der Waals surface area contributed by atoms with Crippen molar-refractivity contribution in [2.24, 2.45) is 11.8 Å². The molecule has 0 bridgehead atoms. The van der Waals surface area contributed by atoms with E-state index in [4.69, 9.17) is 5.11 Å². The van der Waals surface area contributed by atoms with Crippen LogP contribution < -0.4 is 0 Å². The molecule has 0 aromatic heterocycles. The first-order valence-corrected chi connectivity index (χ1v) is 6.53. The highest BCUT2D eigenvalue weighted by atomic mass is 16.3. The number of ketones is 1. The van der Waals surface area contributed by atoms with Crippen LogP contribution in [0.25, 0.3) is 0 Å². The van der Waals surface area contributed by atoms with Crippen LogP contribution in [-0.4, -0.2) is 42.0 Å². The number of piperidine rings is 1. The summed E-state index contributed by atoms with van der Waals surface area (Å²) in [7, 11) is 0. The van der Waals surface area contributed by atoms with Crippen molar-refractivity contribution < 1.29 is 9.90 Å². The highest BCUT2D eigenvalue weighted by Gasteiger charge is 2.22. The Morgan fingerprint density at radius 1 is 1.56 bits per heavy atom. The molecule has 1 fully saturated rings. The molecule has 2 atom stereocenters. The molecule has 0 saturated carbocycles. The van der Waals surface area contributed by atoms with Crippen molar-refractivity contribution in [3.63, 3.8) is 0 Å². The molecule has 3 heteroatoms. The number of hydrogen-bond donors (Lipinski definition) is 1. The van der Waals surface area contributed by atoms with Crippen LogP contribution >= 0.6 is 0 Å². The Bertz CT molecular complexity index is 216. The molecule has 1 aliphatic heterocycles. The number of nitrogens with zero attached hydrogens (tertiary/aromatic N) is 1. The average molecular weight is 227 g/mol. The van der Waals surface area contributed by atoms with Gasteiger partial charge in [0.05, 0.1) is 6.54 Å². The van der Waals surface area contributed by atoms with Crippen molar-refractivity contribution in [1.82, 2.24) is 4.90 Å². The van der Waals surface area contributed by atoms with Crippen molar-refractivity contribution in [3.8, 4) is 0 Å². The van der Waals surface area contributed by atoms with Gasteiger partial charge in [-0.15, -0.1) is 0 Å². The Kier molecular flexibility index (Phi) is 5.99. The molecule has 1 heterocycles. The molecule has 0 spiro atoms. The number of carbonyl (C=O) groups excluding carboxylic acids is 1. The van der Waals surface area contributed by atoms with Gasteiger partial charge in [-0.2, -0.15) is 0 Å². The number of likely N-dealkylation sites (tertiary alicyclic amines) is 1. The fourth-order valence-corrected chi connectivity index (χ4v) is 2.32. The predicted molar refractivity (Wildman–Crippen MR) is 65.3 cm³/mol. The highest BCUT2D eigenvalue weighted by molar-refractivity contribution is 5.82. The van der Waals surface area contributed by atoms with Gasteiger partial charge in [0.15, 0.2) is 0 Å². The predicted octanol–water partition coefficient (Wildman–Crippen LogP) is 1.70. The van der Waals surface area contributed by atoms with E-state index in [1.165, 1.54) is 12.8 Å². The maximum Gasteiger partial charge on any atom is 0.149 e. The molecule has 2 unspecified atom stereocenters. The largest absolute Gasteiger partial charge is 0.396 e. The number of hydrogen-bond acceptors (Lipinski definition) is 3. The molecular weight excluding hydrogens is 202 g/mol. The minimum absolute atomic E-state index is 0.193. The molecule has 0 amide bonds. The van der Waals surface area contributed by atoms with Crippen LogP contribution in [0.2, 0.25) is 0 Å². The monoisotopic (exact) mass is 227 g/mol. The smallest absolute Gasteiger partial charge is 0.149 e. The van der Waals surface area contributed by atoms with E-state index in [-0.39, 0.29) is 12.5 Å². The van der Waals surface area contributed by atoms with Crippen LogP contribution in [-0.2, 0) is 4.79 Å². The number of aliphatic hydroxyl groups excluding tert-OH is 1. The van der Waals surface area contributed by atoms with Gasteiger partial charge in [-0.3, -0.25) is 9.69 Å². The summed E-state index contributed by atoms with van der Waals surface area (Å²) in [6, 6.07) is 0. The molecule has 94 valence electrons. The molecule has 0 aromatic rings. The molecule has 3 nitrogen and oxygen atoms in total. The summed E-state index contributed by atoms with van der Waals surface area (Å²) in [5.41, 5.74) is 0. The fourth-order valence-electron chi connectivity index (χ4n) is 2.32. The Hall–Kier alpha value is -0.410. The topological polar surface area (TPSA) is 40.5 Å². The van der Waals surface area contributed by atoms with E-state index in [0.717, 1.165) is 25.9 Å². The normalized spacial score (nSPS) is 24.3. The summed E-state index contributed by atoms with van der Waals surface area (Å²) >= 11 is 0. The van der Waals surface area contributed by atoms with Crippen molar-refractivity contribution in [2.75, 3.05) is 26.2 Å². The van der Waals surface area contributed by atoms with E-state index in [1.54, 1.807) is 0 Å². The van der Waals surface area contributed by atoms with E-state index in [1.807, 2.05) is 6.92 Å². The number of carbonyl (C=O) groups is 1. The quantitative estimate of drug-likeness (QED) is 0.751. The van der Waals surface area contributed by atoms with E-state index >= 15 is 0 Å². The third-order valence-corrected chi connectivity index (χ3v) is 3.68. The number of Topliss-reactive ketones (excluding diaryl/α,β-unsaturated/α-hetero) is 1. The molecular formula is C13H25NO2. The lowest BCUT2D eigenvalue weighted by molar-refractivity contribution is -0.124. The van der Waals surface area contributed by atoms with Gasteiger partial charge in [0.25, 0.3) is 0 Å². The van der Waals surface area contributed by atoms with Crippen LogP contribution in [0.15, 0.2) is 0 Å². The second-order valence-corrected chi connectivity index (χ2v) is 5.03. The molecule has 1 saturated heterocycles. The SMILES string of the molecule is CCC(C)C(=O)CN1CCCC(CCO)C1. The van der Waals surface area contributed by atoms with E-state index in [0.29, 0.717) is 18.2 Å². The van der Waals surface area contributed by atoms with Gasteiger partial charge >= 0.3 is 0 Å². The lowest BCUT2D eigenvalue weighted by Gasteiger charge is -2.32. The third-order valence-electron chi connectivity index (χ3n) is 3.68. The van der Waals surface area contributed by atoms with Crippen molar-refractivity contribution in [3.05, 3.63) is 0 Å². The van der Waals surface area contributed by atoms with E-state index < -0.39 is 0 Å². The first-order valence-electron chi connectivity index (χ1n) is 6.53. The average Bonchev–Trinajstić information content (AvgIpc) is 2.29. The molecule has 1 aliphatic rings. The Morgan fingerprint density at radius 3 is 2.94 bits per heavy atom. The molecule has 16 heavy (non-hydrogen) atoms. The zero-order chi connectivity index (χ0) is 12.0. The minimum Gasteiger partial charge on any atom is -0.396 e. The van der Waals surface area contributed by atoms with Crippen molar-refractivity contribution in [1.29, 1.82) is 0 Å². The molecule has 1 rings (SSSR count). The van der Waals surface area contributed by atoms with Crippen LogP contribution in [0.4, 0.5) is 0 Å². The van der Waals surface area contributed by atoms with Gasteiger partial charge in [0.1, 0.15) is 5.78 Å². The summed E-state index contributed by atoms with van der Waals surface area (Å²) in [4.78, 5) is 14.1. The minimum atomic E-state index is 0.193. The zero-order valence-corrected chi connectivity index (χ0v) is 10.6. The Labute approximate surface area is 98.8 Å². The second-order valence-electron chi connectivity index (χ2n) is 5.03. The Balaban J connectivity index is 2.33. The van der Waals surface area contributed by atoms with Crippen LogP contribution in [0.3, 0.4) is 0 Å². The summed E-state index contributed by atoms with van der Waals surface area (Å²) in [5.74, 6) is 1.15. The molecule has 0 aromatic carbocycles. The van der Waals surface area contributed by atoms with Crippen LogP contribution in [0.1, 0.15) is 39.5 Å². The maximum atomic E-state index is 11.8. The molecule has 0 radical (unpaired) electrons. The fraction of sp³-hybridized carbons (Fsp3) is 0.923. The molecule has 1 N–H and O–H groups in total. The van der Waals surface area contributed by atoms with Gasteiger partial charge in [-0.1, -0.05) is 13.8 Å². The zero-order valence-electron chi connectivity index (χ0n) is 10.6. The van der Waals surface area contributed by atoms with Gasteiger partial charge < -0.3 is 5.11 Å². The summed E-state index contributed by atoms with van der Waals surface area (Å²) in [6.07, 6.45) is 4.19. The maximum absolute atomic E-state index is 11.8. The Morgan fingerprint density at radius 2 is 2.31 bits per heavy atom. The van der Waals surface area contributed by atoms with Gasteiger partial charge in [-0.05, 0) is 38.1 Å². The standard InChI is InChI=1S/C13H25NO2/c1-3-11(2)13(16)10-14-7-4-5-12(9-14)6-8-15/h11-12,15H,3-10H2,1-2H3. The lowest BCUT2D eigenvalue weighted by atomic mass is 9.94. The van der Waals surface area contributed by atoms with E-state index in [2.05, 4.69) is 11.8 Å². The van der Waals surface area contributed by atoms with Crippen molar-refractivity contribution in [2.45, 2.75) is 39.5 Å². The first-order chi connectivity index (χ1) is 7.67. The first kappa shape index (κ1) is 13.7. The third kappa shape index (κ3) is 4.22. The van der Waals surface area contributed by atoms with Crippen LogP contribution in [0, 0.1) is 11.8 Å². The van der Waals surface area contributed by atoms with Gasteiger partial charge in [0, 0.05) is 19.1 Å². The summed E-state index contributed by atoms with van der Waals surface area (Å²) in [6.45, 7) is 6.99. The van der Waals surface area contributed by atoms with Gasteiger partial charge in [0.2, 0.25) is 0 Å². The highest BCUT2D eigenvalue weighted by Crippen LogP contribution is 2.19. The molecule has 0 aliphatic carbocycles. The van der Waals surface area contributed by atoms with Gasteiger partial charge in [-0.25, -0.2) is 0 Å². The lowest BCUT2D eigenvalue weighted by Crippen LogP contribution is -2.40. The summed E-state index contributed by atoms with van der Waals surface area (Å²) in [5, 5.41) is 8.93. The van der Waals surface area contributed by atoms with Crippen molar-refractivity contribution >= 4 is 5.78 Å². The van der Waals surface area contributed by atoms with Crippen LogP contribution in [0.5, 0.6) is 0 Å². The number of aliphatic hydroxyl groups is 1. The van der Waals surface area contributed by atoms with E-state index in [9.17, 15) is 4.79 Å². The summed E-state index contributed by atoms with van der Waals surface area (Å²) < 4.78 is 0. The second kappa shape index (κ2) is 7.02. The number of rotatable bonds is 6.